The van der Waals surface area contributed by atoms with E-state index in [2.05, 4.69) is 21.8 Å². The Morgan fingerprint density at radius 3 is 2.80 bits per heavy atom. The van der Waals surface area contributed by atoms with Crippen LogP contribution in [0, 0.1) is 6.92 Å². The number of rotatable bonds is 4. The van der Waals surface area contributed by atoms with Crippen molar-refractivity contribution in [2.24, 2.45) is 0 Å². The van der Waals surface area contributed by atoms with Crippen LogP contribution in [-0.2, 0) is 0 Å². The summed E-state index contributed by atoms with van der Waals surface area (Å²) < 4.78 is 0. The van der Waals surface area contributed by atoms with Crippen LogP contribution in [-0.4, -0.2) is 22.6 Å². The quantitative estimate of drug-likeness (QED) is 0.815. The largest absolute Gasteiger partial charge is 0.383 e. The van der Waals surface area contributed by atoms with E-state index in [4.69, 9.17) is 5.73 Å². The summed E-state index contributed by atoms with van der Waals surface area (Å²) in [6, 6.07) is 0.679. The third-order valence-corrected chi connectivity index (χ3v) is 2.82. The highest BCUT2D eigenvalue weighted by Crippen LogP contribution is 2.32. The summed E-state index contributed by atoms with van der Waals surface area (Å²) in [6.45, 7) is 5.24. The Hall–Kier alpha value is -1.32. The summed E-state index contributed by atoms with van der Waals surface area (Å²) in [5.41, 5.74) is 6.81. The zero-order chi connectivity index (χ0) is 10.8. The van der Waals surface area contributed by atoms with Crippen molar-refractivity contribution in [1.29, 1.82) is 0 Å². The van der Waals surface area contributed by atoms with Crippen molar-refractivity contribution < 1.29 is 0 Å². The van der Waals surface area contributed by atoms with Crippen molar-refractivity contribution in [3.8, 4) is 0 Å². The lowest BCUT2D eigenvalue weighted by molar-refractivity contribution is 0.745. The van der Waals surface area contributed by atoms with Crippen LogP contribution >= 0.6 is 0 Å². The van der Waals surface area contributed by atoms with E-state index in [1.807, 2.05) is 6.92 Å². The second-order valence-corrected chi connectivity index (χ2v) is 4.13. The fourth-order valence-corrected chi connectivity index (χ4v) is 1.83. The van der Waals surface area contributed by atoms with Gasteiger partial charge in [-0.1, -0.05) is 6.92 Å². The molecule has 2 N–H and O–H groups in total. The van der Waals surface area contributed by atoms with Crippen molar-refractivity contribution >= 4 is 11.6 Å². The molecule has 82 valence electrons. The van der Waals surface area contributed by atoms with E-state index in [0.717, 1.165) is 24.3 Å². The summed E-state index contributed by atoms with van der Waals surface area (Å²) in [4.78, 5) is 10.7. The number of nitrogens with zero attached hydrogens (tertiary/aromatic N) is 3. The molecule has 1 aliphatic carbocycles. The lowest BCUT2D eigenvalue weighted by Gasteiger charge is -2.24. The van der Waals surface area contributed by atoms with Gasteiger partial charge in [-0.25, -0.2) is 9.97 Å². The van der Waals surface area contributed by atoms with Gasteiger partial charge in [0.2, 0.25) is 0 Å². The molecule has 1 aromatic rings. The van der Waals surface area contributed by atoms with E-state index in [-0.39, 0.29) is 0 Å². The van der Waals surface area contributed by atoms with Gasteiger partial charge in [-0.05, 0) is 26.2 Å². The molecule has 15 heavy (non-hydrogen) atoms. The van der Waals surface area contributed by atoms with Crippen molar-refractivity contribution in [2.45, 2.75) is 39.2 Å². The maximum atomic E-state index is 5.80. The van der Waals surface area contributed by atoms with Crippen LogP contribution in [0.25, 0.3) is 0 Å². The molecule has 0 unspecified atom stereocenters. The molecule has 0 atom stereocenters. The van der Waals surface area contributed by atoms with Gasteiger partial charge in [0.05, 0.1) is 0 Å². The van der Waals surface area contributed by atoms with Gasteiger partial charge in [-0.15, -0.1) is 0 Å². The number of anilines is 2. The Morgan fingerprint density at radius 2 is 2.20 bits per heavy atom. The fourth-order valence-electron chi connectivity index (χ4n) is 1.83. The van der Waals surface area contributed by atoms with Crippen LogP contribution in [0.2, 0.25) is 0 Å². The topological polar surface area (TPSA) is 55.0 Å². The van der Waals surface area contributed by atoms with Crippen LogP contribution in [0.4, 0.5) is 11.6 Å². The summed E-state index contributed by atoms with van der Waals surface area (Å²) >= 11 is 0. The Kier molecular flexibility index (Phi) is 2.75. The lowest BCUT2D eigenvalue weighted by Crippen LogP contribution is -2.28. The van der Waals surface area contributed by atoms with E-state index in [0.29, 0.717) is 11.9 Å². The van der Waals surface area contributed by atoms with E-state index < -0.39 is 0 Å². The Labute approximate surface area is 90.5 Å². The van der Waals surface area contributed by atoms with Crippen LogP contribution in [0.15, 0.2) is 6.33 Å². The van der Waals surface area contributed by atoms with Crippen LogP contribution in [0.3, 0.4) is 0 Å². The first kappa shape index (κ1) is 10.2. The minimum atomic E-state index is 0.599. The molecular weight excluding hydrogens is 188 g/mol. The minimum Gasteiger partial charge on any atom is -0.383 e. The first-order chi connectivity index (χ1) is 7.24. The third-order valence-electron chi connectivity index (χ3n) is 2.82. The summed E-state index contributed by atoms with van der Waals surface area (Å²) in [6.07, 6.45) is 5.26. The van der Waals surface area contributed by atoms with E-state index in [9.17, 15) is 0 Å². The smallest absolute Gasteiger partial charge is 0.137 e. The molecule has 1 fully saturated rings. The SMILES string of the molecule is CCCN(c1ncnc(N)c1C)C1CC1. The predicted molar refractivity (Wildman–Crippen MR) is 61.8 cm³/mol. The molecule has 0 amide bonds. The highest BCUT2D eigenvalue weighted by atomic mass is 15.2. The van der Waals surface area contributed by atoms with Crippen molar-refractivity contribution in [2.75, 3.05) is 17.2 Å². The maximum Gasteiger partial charge on any atom is 0.137 e. The molecule has 0 radical (unpaired) electrons. The minimum absolute atomic E-state index is 0.599. The first-order valence-corrected chi connectivity index (χ1v) is 5.57. The first-order valence-electron chi connectivity index (χ1n) is 5.57. The van der Waals surface area contributed by atoms with Gasteiger partial charge < -0.3 is 10.6 Å². The second kappa shape index (κ2) is 4.04. The van der Waals surface area contributed by atoms with Gasteiger partial charge in [-0.3, -0.25) is 0 Å². The van der Waals surface area contributed by atoms with E-state index in [1.54, 1.807) is 6.33 Å². The molecule has 4 nitrogen and oxygen atoms in total. The molecule has 1 saturated carbocycles. The predicted octanol–water partition coefficient (Wildman–Crippen LogP) is 1.75. The lowest BCUT2D eigenvalue weighted by atomic mass is 10.2. The molecule has 2 rings (SSSR count). The number of hydrogen-bond acceptors (Lipinski definition) is 4. The monoisotopic (exact) mass is 206 g/mol. The molecule has 4 heteroatoms. The summed E-state index contributed by atoms with van der Waals surface area (Å²) in [5.74, 6) is 1.62. The standard InChI is InChI=1S/C11H18N4/c1-3-6-15(9-4-5-9)11-8(2)10(12)13-7-14-11/h7,9H,3-6H2,1-2H3,(H2,12,13,14). The Bertz CT molecular complexity index is 346. The normalized spacial score (nSPS) is 15.3. The number of nitrogens with two attached hydrogens (primary N) is 1. The van der Waals surface area contributed by atoms with Gasteiger partial charge in [0.25, 0.3) is 0 Å². The third kappa shape index (κ3) is 2.03. The zero-order valence-electron chi connectivity index (χ0n) is 9.40. The zero-order valence-corrected chi connectivity index (χ0v) is 9.40. The number of aromatic nitrogens is 2. The molecule has 1 heterocycles. The average Bonchev–Trinajstić information content (AvgIpc) is 3.03. The Morgan fingerprint density at radius 1 is 1.47 bits per heavy atom. The molecule has 0 aromatic carbocycles. The average molecular weight is 206 g/mol. The van der Waals surface area contributed by atoms with Crippen molar-refractivity contribution in [3.05, 3.63) is 11.9 Å². The van der Waals surface area contributed by atoms with E-state index in [1.165, 1.54) is 12.8 Å². The van der Waals surface area contributed by atoms with Gasteiger partial charge >= 0.3 is 0 Å². The molecule has 0 saturated heterocycles. The second-order valence-electron chi connectivity index (χ2n) is 4.13. The van der Waals surface area contributed by atoms with Crippen LogP contribution < -0.4 is 10.6 Å². The Balaban J connectivity index is 2.28. The summed E-state index contributed by atoms with van der Waals surface area (Å²) in [7, 11) is 0. The van der Waals surface area contributed by atoms with Crippen LogP contribution in [0.5, 0.6) is 0 Å². The van der Waals surface area contributed by atoms with Crippen molar-refractivity contribution in [3.63, 3.8) is 0 Å². The van der Waals surface area contributed by atoms with Gasteiger partial charge in [0.1, 0.15) is 18.0 Å². The molecular formula is C11H18N4. The molecule has 0 bridgehead atoms. The molecule has 1 aromatic heterocycles. The number of nitrogen functional groups attached to an aromatic ring is 1. The highest BCUT2D eigenvalue weighted by molar-refractivity contribution is 5.56. The maximum absolute atomic E-state index is 5.80. The van der Waals surface area contributed by atoms with Crippen LogP contribution in [0.1, 0.15) is 31.7 Å². The van der Waals surface area contributed by atoms with Gasteiger partial charge in [0, 0.05) is 18.2 Å². The van der Waals surface area contributed by atoms with E-state index >= 15 is 0 Å². The fraction of sp³-hybridized carbons (Fsp3) is 0.636. The molecule has 0 aliphatic heterocycles. The van der Waals surface area contributed by atoms with Gasteiger partial charge in [0.15, 0.2) is 0 Å². The summed E-state index contributed by atoms with van der Waals surface area (Å²) in [5, 5.41) is 0. The van der Waals surface area contributed by atoms with Crippen molar-refractivity contribution in [1.82, 2.24) is 9.97 Å². The highest BCUT2D eigenvalue weighted by Gasteiger charge is 2.30. The molecule has 0 spiro atoms. The number of hydrogen-bond donors (Lipinski definition) is 1. The molecule has 1 aliphatic rings. The van der Waals surface area contributed by atoms with Gasteiger partial charge in [-0.2, -0.15) is 0 Å².